The van der Waals surface area contributed by atoms with Gasteiger partial charge in [0.1, 0.15) is 0 Å². The molecular formula is C23H14Cl2F3N3O. The van der Waals surface area contributed by atoms with E-state index in [0.29, 0.717) is 21.3 Å². The smallest absolute Gasteiger partial charge is 0.366 e. The maximum atomic E-state index is 13.4. The van der Waals surface area contributed by atoms with E-state index in [-0.39, 0.29) is 11.3 Å². The average molecular weight is 476 g/mol. The number of alkyl halides is 3. The molecular weight excluding hydrogens is 462 g/mol. The standard InChI is InChI=1S/C23H14Cl2F3N3O/c24-17-9-16(10-18(25)11-17)13-1-3-14(4-2-13)20-12-21(23(26,27)28)30-31(20)19-7-5-15(6-8-19)22(29)32/h1-12H,(H2,29,32). The molecule has 0 aliphatic carbocycles. The lowest BCUT2D eigenvalue weighted by atomic mass is 10.0. The van der Waals surface area contributed by atoms with Gasteiger partial charge in [-0.25, -0.2) is 4.68 Å². The van der Waals surface area contributed by atoms with Gasteiger partial charge in [-0.05, 0) is 59.7 Å². The maximum Gasteiger partial charge on any atom is 0.435 e. The summed E-state index contributed by atoms with van der Waals surface area (Å²) < 4.78 is 41.3. The first-order valence-corrected chi connectivity index (χ1v) is 10.0. The van der Waals surface area contributed by atoms with Gasteiger partial charge in [-0.1, -0.05) is 47.5 Å². The summed E-state index contributed by atoms with van der Waals surface area (Å²) in [6, 6.07) is 18.8. The van der Waals surface area contributed by atoms with Gasteiger partial charge in [0.2, 0.25) is 5.91 Å². The average Bonchev–Trinajstić information content (AvgIpc) is 3.19. The number of aromatic nitrogens is 2. The van der Waals surface area contributed by atoms with Crippen LogP contribution in [0.1, 0.15) is 16.1 Å². The molecule has 0 spiro atoms. The third kappa shape index (κ3) is 4.49. The van der Waals surface area contributed by atoms with E-state index in [1.54, 1.807) is 42.5 Å². The summed E-state index contributed by atoms with van der Waals surface area (Å²) in [5.74, 6) is -0.634. The van der Waals surface area contributed by atoms with Crippen molar-refractivity contribution in [2.24, 2.45) is 5.73 Å². The van der Waals surface area contributed by atoms with Crippen molar-refractivity contribution in [2.45, 2.75) is 6.18 Å². The fourth-order valence-corrected chi connectivity index (χ4v) is 3.77. The molecule has 0 saturated heterocycles. The first-order chi connectivity index (χ1) is 15.1. The highest BCUT2D eigenvalue weighted by Crippen LogP contribution is 2.34. The van der Waals surface area contributed by atoms with Gasteiger partial charge in [0, 0.05) is 21.2 Å². The highest BCUT2D eigenvalue weighted by atomic mass is 35.5. The second kappa shape index (κ2) is 8.33. The minimum Gasteiger partial charge on any atom is -0.366 e. The van der Waals surface area contributed by atoms with Crippen LogP contribution in [0.15, 0.2) is 72.8 Å². The van der Waals surface area contributed by atoms with Gasteiger partial charge >= 0.3 is 6.18 Å². The van der Waals surface area contributed by atoms with Crippen molar-refractivity contribution in [1.29, 1.82) is 0 Å². The number of halogens is 5. The molecule has 0 aliphatic heterocycles. The molecule has 1 aromatic heterocycles. The number of hydrogen-bond acceptors (Lipinski definition) is 2. The topological polar surface area (TPSA) is 60.9 Å². The molecule has 1 heterocycles. The molecule has 0 saturated carbocycles. The van der Waals surface area contributed by atoms with Crippen LogP contribution in [0.25, 0.3) is 28.1 Å². The van der Waals surface area contributed by atoms with Gasteiger partial charge in [0.05, 0.1) is 11.4 Å². The summed E-state index contributed by atoms with van der Waals surface area (Å²) in [6.45, 7) is 0. The molecule has 3 aromatic carbocycles. The first kappa shape index (κ1) is 21.9. The molecule has 162 valence electrons. The van der Waals surface area contributed by atoms with Gasteiger partial charge < -0.3 is 5.73 Å². The van der Waals surface area contributed by atoms with Crippen LogP contribution < -0.4 is 5.73 Å². The van der Waals surface area contributed by atoms with Crippen LogP contribution in [-0.4, -0.2) is 15.7 Å². The van der Waals surface area contributed by atoms with E-state index in [4.69, 9.17) is 28.9 Å². The van der Waals surface area contributed by atoms with Crippen LogP contribution in [-0.2, 0) is 6.18 Å². The summed E-state index contributed by atoms with van der Waals surface area (Å²) in [7, 11) is 0. The van der Waals surface area contributed by atoms with Crippen LogP contribution in [0.4, 0.5) is 13.2 Å². The zero-order chi connectivity index (χ0) is 23.0. The molecule has 0 aliphatic rings. The zero-order valence-corrected chi connectivity index (χ0v) is 17.7. The van der Waals surface area contributed by atoms with E-state index in [0.717, 1.165) is 17.2 Å². The van der Waals surface area contributed by atoms with Crippen LogP contribution >= 0.6 is 23.2 Å². The first-order valence-electron chi connectivity index (χ1n) is 9.26. The van der Waals surface area contributed by atoms with Gasteiger partial charge in [-0.3, -0.25) is 4.79 Å². The van der Waals surface area contributed by atoms with E-state index < -0.39 is 17.8 Å². The number of carbonyl (C=O) groups excluding carboxylic acids is 1. The third-order valence-electron chi connectivity index (χ3n) is 4.77. The Morgan fingerprint density at radius 3 is 1.91 bits per heavy atom. The van der Waals surface area contributed by atoms with Gasteiger partial charge in [0.25, 0.3) is 0 Å². The Labute approximate surface area is 191 Å². The summed E-state index contributed by atoms with van der Waals surface area (Å²) >= 11 is 12.1. The highest BCUT2D eigenvalue weighted by Gasteiger charge is 2.35. The molecule has 0 unspecified atom stereocenters. The molecule has 0 fully saturated rings. The molecule has 0 atom stereocenters. The summed E-state index contributed by atoms with van der Waals surface area (Å²) in [6.07, 6.45) is -4.62. The van der Waals surface area contributed by atoms with Gasteiger partial charge in [-0.15, -0.1) is 0 Å². The molecule has 4 nitrogen and oxygen atoms in total. The molecule has 4 rings (SSSR count). The van der Waals surface area contributed by atoms with Crippen LogP contribution in [0.5, 0.6) is 0 Å². The molecule has 2 N–H and O–H groups in total. The predicted octanol–water partition coefficient (Wildman–Crippen LogP) is 6.63. The van der Waals surface area contributed by atoms with E-state index in [9.17, 15) is 18.0 Å². The van der Waals surface area contributed by atoms with Crippen LogP contribution in [0, 0.1) is 0 Å². The van der Waals surface area contributed by atoms with E-state index in [1.807, 2.05) is 0 Å². The summed E-state index contributed by atoms with van der Waals surface area (Å²) in [5, 5.41) is 4.70. The number of nitrogens with zero attached hydrogens (tertiary/aromatic N) is 2. The predicted molar refractivity (Wildman–Crippen MR) is 118 cm³/mol. The Hall–Kier alpha value is -3.29. The molecule has 0 radical (unpaired) electrons. The number of amides is 1. The lowest BCUT2D eigenvalue weighted by molar-refractivity contribution is -0.141. The fraction of sp³-hybridized carbons (Fsp3) is 0.0435. The quantitative estimate of drug-likeness (QED) is 0.360. The van der Waals surface area contributed by atoms with Crippen molar-refractivity contribution in [2.75, 3.05) is 0 Å². The number of carbonyl (C=O) groups is 1. The minimum atomic E-state index is -4.62. The molecule has 0 bridgehead atoms. The number of benzene rings is 3. The number of primary amides is 1. The van der Waals surface area contributed by atoms with Crippen molar-refractivity contribution < 1.29 is 18.0 Å². The summed E-state index contributed by atoms with van der Waals surface area (Å²) in [4.78, 5) is 11.3. The van der Waals surface area contributed by atoms with Crippen molar-refractivity contribution in [3.8, 4) is 28.1 Å². The van der Waals surface area contributed by atoms with Crippen molar-refractivity contribution in [1.82, 2.24) is 9.78 Å². The minimum absolute atomic E-state index is 0.236. The maximum absolute atomic E-state index is 13.4. The molecule has 32 heavy (non-hydrogen) atoms. The van der Waals surface area contributed by atoms with Crippen LogP contribution in [0.2, 0.25) is 10.0 Å². The van der Waals surface area contributed by atoms with Crippen molar-refractivity contribution in [3.63, 3.8) is 0 Å². The number of nitrogens with two attached hydrogens (primary N) is 1. The number of hydrogen-bond donors (Lipinski definition) is 1. The second-order valence-corrected chi connectivity index (χ2v) is 7.84. The fourth-order valence-electron chi connectivity index (χ4n) is 3.24. The molecule has 4 aromatic rings. The molecule has 9 heteroatoms. The van der Waals surface area contributed by atoms with Gasteiger partial charge in [0.15, 0.2) is 5.69 Å². The summed E-state index contributed by atoms with van der Waals surface area (Å²) in [5.41, 5.74) is 7.13. The number of rotatable bonds is 4. The molecule has 1 amide bonds. The normalized spacial score (nSPS) is 11.5. The third-order valence-corrected chi connectivity index (χ3v) is 5.21. The zero-order valence-electron chi connectivity index (χ0n) is 16.2. The lowest BCUT2D eigenvalue weighted by Gasteiger charge is -2.10. The SMILES string of the molecule is NC(=O)c1ccc(-n2nc(C(F)(F)F)cc2-c2ccc(-c3cc(Cl)cc(Cl)c3)cc2)cc1. The lowest BCUT2D eigenvalue weighted by Crippen LogP contribution is -2.11. The van der Waals surface area contributed by atoms with E-state index in [2.05, 4.69) is 5.10 Å². The Morgan fingerprint density at radius 2 is 1.38 bits per heavy atom. The van der Waals surface area contributed by atoms with Gasteiger partial charge in [-0.2, -0.15) is 18.3 Å². The monoisotopic (exact) mass is 475 g/mol. The van der Waals surface area contributed by atoms with Crippen molar-refractivity contribution in [3.05, 3.63) is 94.1 Å². The Balaban J connectivity index is 1.78. The largest absolute Gasteiger partial charge is 0.435 e. The Morgan fingerprint density at radius 1 is 0.812 bits per heavy atom. The second-order valence-electron chi connectivity index (χ2n) is 6.97. The highest BCUT2D eigenvalue weighted by molar-refractivity contribution is 6.35. The Bertz CT molecular complexity index is 1280. The van der Waals surface area contributed by atoms with E-state index >= 15 is 0 Å². The van der Waals surface area contributed by atoms with Crippen molar-refractivity contribution >= 4 is 29.1 Å². The van der Waals surface area contributed by atoms with Crippen LogP contribution in [0.3, 0.4) is 0 Å². The Kier molecular flexibility index (Phi) is 5.71. The van der Waals surface area contributed by atoms with E-state index in [1.165, 1.54) is 28.9 Å².